The van der Waals surface area contributed by atoms with Crippen LogP contribution in [-0.4, -0.2) is 14.8 Å². The highest BCUT2D eigenvalue weighted by atomic mass is 35.5. The van der Waals surface area contributed by atoms with Gasteiger partial charge in [0.15, 0.2) is 5.82 Å². The molecule has 0 atom stereocenters. The summed E-state index contributed by atoms with van der Waals surface area (Å²) in [5.74, 6) is 0.166. The Morgan fingerprint density at radius 2 is 1.55 bits per heavy atom. The second-order valence-corrected chi connectivity index (χ2v) is 4.87. The van der Waals surface area contributed by atoms with Crippen LogP contribution in [0.5, 0.6) is 0 Å². The molecule has 0 aliphatic rings. The molecule has 20 heavy (non-hydrogen) atoms. The minimum atomic E-state index is -0.317. The number of nitrogens with zero attached hydrogens (tertiary/aromatic N) is 3. The van der Waals surface area contributed by atoms with E-state index in [0.717, 1.165) is 5.56 Å². The van der Waals surface area contributed by atoms with Crippen LogP contribution in [0.2, 0.25) is 10.3 Å². The lowest BCUT2D eigenvalue weighted by atomic mass is 10.2. The Kier molecular flexibility index (Phi) is 3.42. The normalized spacial score (nSPS) is 10.8. The van der Waals surface area contributed by atoms with Crippen molar-refractivity contribution in [2.24, 2.45) is 0 Å². The summed E-state index contributed by atoms with van der Waals surface area (Å²) in [4.78, 5) is 4.19. The Hall–Kier alpha value is -1.91. The van der Waals surface area contributed by atoms with Gasteiger partial charge in [-0.05, 0) is 60.1 Å². The summed E-state index contributed by atoms with van der Waals surface area (Å²) >= 11 is 11.9. The van der Waals surface area contributed by atoms with E-state index in [1.807, 2.05) is 12.1 Å². The standard InChI is InChI=1S/C14H8Cl2FN3/c15-10-3-1-9(2-4-10)13-18-14(16)20(19-13)12-7-5-11(17)6-8-12/h1-8H. The number of aromatic nitrogens is 3. The lowest BCUT2D eigenvalue weighted by Crippen LogP contribution is -1.96. The van der Waals surface area contributed by atoms with Crippen LogP contribution < -0.4 is 0 Å². The second-order valence-electron chi connectivity index (χ2n) is 4.10. The Balaban J connectivity index is 2.02. The van der Waals surface area contributed by atoms with Crippen LogP contribution in [0.3, 0.4) is 0 Å². The third-order valence-electron chi connectivity index (χ3n) is 2.74. The SMILES string of the molecule is Fc1ccc(-n2nc(-c3ccc(Cl)cc3)nc2Cl)cc1. The van der Waals surface area contributed by atoms with Gasteiger partial charge in [-0.1, -0.05) is 11.6 Å². The van der Waals surface area contributed by atoms with Gasteiger partial charge in [-0.3, -0.25) is 0 Å². The zero-order valence-corrected chi connectivity index (χ0v) is 11.6. The van der Waals surface area contributed by atoms with E-state index in [9.17, 15) is 4.39 Å². The van der Waals surface area contributed by atoms with Crippen LogP contribution in [0.1, 0.15) is 0 Å². The summed E-state index contributed by atoms with van der Waals surface area (Å²) in [7, 11) is 0. The maximum absolute atomic E-state index is 12.9. The summed E-state index contributed by atoms with van der Waals surface area (Å²) in [5, 5.41) is 5.16. The molecule has 0 amide bonds. The molecule has 0 N–H and O–H groups in total. The Morgan fingerprint density at radius 3 is 2.20 bits per heavy atom. The topological polar surface area (TPSA) is 30.7 Å². The van der Waals surface area contributed by atoms with Crippen molar-refractivity contribution in [1.29, 1.82) is 0 Å². The summed E-state index contributed by atoms with van der Waals surface area (Å²) in [6.45, 7) is 0. The number of halogens is 3. The van der Waals surface area contributed by atoms with Crippen LogP contribution in [0.15, 0.2) is 48.5 Å². The monoisotopic (exact) mass is 307 g/mol. The van der Waals surface area contributed by atoms with E-state index in [-0.39, 0.29) is 11.1 Å². The first-order valence-electron chi connectivity index (χ1n) is 5.78. The van der Waals surface area contributed by atoms with E-state index in [2.05, 4.69) is 10.1 Å². The highest BCUT2D eigenvalue weighted by Gasteiger charge is 2.11. The number of hydrogen-bond donors (Lipinski definition) is 0. The summed E-state index contributed by atoms with van der Waals surface area (Å²) < 4.78 is 14.4. The molecule has 6 heteroatoms. The zero-order valence-electron chi connectivity index (χ0n) is 10.1. The van der Waals surface area contributed by atoms with Crippen molar-refractivity contribution in [2.75, 3.05) is 0 Å². The van der Waals surface area contributed by atoms with Gasteiger partial charge in [0.2, 0.25) is 5.28 Å². The molecule has 0 aliphatic heterocycles. The summed E-state index contributed by atoms with van der Waals surface area (Å²) in [5.41, 5.74) is 1.45. The smallest absolute Gasteiger partial charge is 0.207 e. The molecule has 0 saturated carbocycles. The average Bonchev–Trinajstić information content (AvgIpc) is 2.82. The second kappa shape index (κ2) is 5.23. The first-order valence-corrected chi connectivity index (χ1v) is 6.53. The third-order valence-corrected chi connectivity index (χ3v) is 3.24. The first-order chi connectivity index (χ1) is 9.63. The molecule has 1 heterocycles. The van der Waals surface area contributed by atoms with Crippen molar-refractivity contribution in [3.63, 3.8) is 0 Å². The van der Waals surface area contributed by atoms with Crippen molar-refractivity contribution in [3.8, 4) is 17.1 Å². The average molecular weight is 308 g/mol. The Morgan fingerprint density at radius 1 is 0.900 bits per heavy atom. The lowest BCUT2D eigenvalue weighted by Gasteiger charge is -2.00. The molecule has 3 rings (SSSR count). The maximum Gasteiger partial charge on any atom is 0.226 e. The van der Waals surface area contributed by atoms with Crippen molar-refractivity contribution < 1.29 is 4.39 Å². The molecule has 0 aliphatic carbocycles. The quantitative estimate of drug-likeness (QED) is 0.703. The van der Waals surface area contributed by atoms with Gasteiger partial charge in [0.05, 0.1) is 5.69 Å². The summed E-state index contributed by atoms with van der Waals surface area (Å²) in [6.07, 6.45) is 0. The Labute approximate surface area is 124 Å². The molecular formula is C14H8Cl2FN3. The van der Waals surface area contributed by atoms with Gasteiger partial charge in [-0.2, -0.15) is 4.98 Å². The molecule has 0 spiro atoms. The highest BCUT2D eigenvalue weighted by Crippen LogP contribution is 2.22. The van der Waals surface area contributed by atoms with Gasteiger partial charge < -0.3 is 0 Å². The fourth-order valence-electron chi connectivity index (χ4n) is 1.76. The first kappa shape index (κ1) is 13.1. The maximum atomic E-state index is 12.9. The van der Waals surface area contributed by atoms with Crippen LogP contribution in [0.25, 0.3) is 17.1 Å². The van der Waals surface area contributed by atoms with E-state index >= 15 is 0 Å². The van der Waals surface area contributed by atoms with Gasteiger partial charge in [0.25, 0.3) is 0 Å². The van der Waals surface area contributed by atoms with Gasteiger partial charge >= 0.3 is 0 Å². The van der Waals surface area contributed by atoms with Crippen molar-refractivity contribution >= 4 is 23.2 Å². The van der Waals surface area contributed by atoms with E-state index in [1.54, 1.807) is 24.3 Å². The zero-order chi connectivity index (χ0) is 14.1. The van der Waals surface area contributed by atoms with Crippen LogP contribution in [0, 0.1) is 5.82 Å². The minimum Gasteiger partial charge on any atom is -0.207 e. The van der Waals surface area contributed by atoms with E-state index < -0.39 is 0 Å². The summed E-state index contributed by atoms with van der Waals surface area (Å²) in [6, 6.07) is 13.0. The lowest BCUT2D eigenvalue weighted by molar-refractivity contribution is 0.627. The molecule has 3 aromatic rings. The number of hydrogen-bond acceptors (Lipinski definition) is 2. The predicted molar refractivity (Wildman–Crippen MR) is 76.8 cm³/mol. The van der Waals surface area contributed by atoms with Crippen LogP contribution in [0.4, 0.5) is 4.39 Å². The van der Waals surface area contributed by atoms with Crippen molar-refractivity contribution in [1.82, 2.24) is 14.8 Å². The third kappa shape index (κ3) is 2.53. The number of benzene rings is 2. The predicted octanol–water partition coefficient (Wildman–Crippen LogP) is 4.38. The van der Waals surface area contributed by atoms with Crippen LogP contribution in [-0.2, 0) is 0 Å². The van der Waals surface area contributed by atoms with E-state index in [4.69, 9.17) is 23.2 Å². The molecule has 2 aromatic carbocycles. The highest BCUT2D eigenvalue weighted by molar-refractivity contribution is 6.30. The molecule has 3 nitrogen and oxygen atoms in total. The molecule has 0 fully saturated rings. The van der Waals surface area contributed by atoms with Gasteiger partial charge in [-0.15, -0.1) is 5.10 Å². The molecule has 0 saturated heterocycles. The molecule has 0 unspecified atom stereocenters. The molecule has 0 radical (unpaired) electrons. The van der Waals surface area contributed by atoms with Gasteiger partial charge in [-0.25, -0.2) is 9.07 Å². The number of rotatable bonds is 2. The molecule has 0 bridgehead atoms. The largest absolute Gasteiger partial charge is 0.226 e. The molecule has 100 valence electrons. The van der Waals surface area contributed by atoms with Crippen molar-refractivity contribution in [2.45, 2.75) is 0 Å². The van der Waals surface area contributed by atoms with E-state index in [1.165, 1.54) is 16.8 Å². The van der Waals surface area contributed by atoms with Crippen LogP contribution >= 0.6 is 23.2 Å². The van der Waals surface area contributed by atoms with E-state index in [0.29, 0.717) is 16.5 Å². The fourth-order valence-corrected chi connectivity index (χ4v) is 2.10. The molecule has 1 aromatic heterocycles. The van der Waals surface area contributed by atoms with Gasteiger partial charge in [0, 0.05) is 10.6 Å². The van der Waals surface area contributed by atoms with Crippen molar-refractivity contribution in [3.05, 3.63) is 64.7 Å². The van der Waals surface area contributed by atoms with Gasteiger partial charge in [0.1, 0.15) is 5.82 Å². The minimum absolute atomic E-state index is 0.210. The Bertz CT molecular complexity index is 736. The molecular weight excluding hydrogens is 300 g/mol. The fraction of sp³-hybridized carbons (Fsp3) is 0.